The molecule has 0 N–H and O–H groups in total. The highest BCUT2D eigenvalue weighted by Gasteiger charge is 2.21. The molecule has 1 aromatic heterocycles. The van der Waals surface area contributed by atoms with E-state index in [0.29, 0.717) is 31.4 Å². The quantitative estimate of drug-likeness (QED) is 0.534. The topological polar surface area (TPSA) is 47.5 Å². The Kier molecular flexibility index (Phi) is 6.76. The fourth-order valence-electron chi connectivity index (χ4n) is 2.97. The summed E-state index contributed by atoms with van der Waals surface area (Å²) in [5.41, 5.74) is 3.46. The molecular formula is C19H24ClN3O2. The summed E-state index contributed by atoms with van der Waals surface area (Å²) in [4.78, 5) is 11.6. The molecule has 0 unspecified atom stereocenters. The Morgan fingerprint density at radius 1 is 1.12 bits per heavy atom. The van der Waals surface area contributed by atoms with Crippen LogP contribution < -0.4 is 0 Å². The van der Waals surface area contributed by atoms with Crippen molar-refractivity contribution in [2.24, 2.45) is 0 Å². The molecule has 134 valence electrons. The molecule has 0 spiro atoms. The molecule has 6 heteroatoms. The van der Waals surface area contributed by atoms with Crippen LogP contribution in [0.2, 0.25) is 5.15 Å². The van der Waals surface area contributed by atoms with E-state index >= 15 is 0 Å². The van der Waals surface area contributed by atoms with Crippen LogP contribution in [0.15, 0.2) is 30.3 Å². The first-order chi connectivity index (χ1) is 12.3. The largest absolute Gasteiger partial charge is 0.382 e. The molecule has 25 heavy (non-hydrogen) atoms. The number of fused-ring (bicyclic) bond motifs is 1. The van der Waals surface area contributed by atoms with Crippen molar-refractivity contribution in [2.45, 2.75) is 25.9 Å². The second-order valence-corrected chi connectivity index (χ2v) is 6.52. The van der Waals surface area contributed by atoms with Crippen molar-refractivity contribution in [3.63, 3.8) is 0 Å². The maximum Gasteiger partial charge on any atom is 0.137 e. The number of hydrogen-bond acceptors (Lipinski definition) is 5. The lowest BCUT2D eigenvalue weighted by atomic mass is 10.1. The fourth-order valence-corrected chi connectivity index (χ4v) is 3.24. The van der Waals surface area contributed by atoms with E-state index in [1.807, 2.05) is 6.07 Å². The Morgan fingerprint density at radius 3 is 2.76 bits per heavy atom. The van der Waals surface area contributed by atoms with Crippen molar-refractivity contribution in [2.75, 3.05) is 33.5 Å². The van der Waals surface area contributed by atoms with Gasteiger partial charge in [0.1, 0.15) is 11.0 Å². The summed E-state index contributed by atoms with van der Waals surface area (Å²) >= 11 is 6.44. The van der Waals surface area contributed by atoms with Gasteiger partial charge in [0, 0.05) is 45.1 Å². The third-order valence-corrected chi connectivity index (χ3v) is 4.60. The number of ether oxygens (including phenoxy) is 2. The monoisotopic (exact) mass is 361 g/mol. The molecule has 0 fully saturated rings. The van der Waals surface area contributed by atoms with E-state index in [1.54, 1.807) is 7.11 Å². The van der Waals surface area contributed by atoms with Gasteiger partial charge in [-0.2, -0.15) is 0 Å². The highest BCUT2D eigenvalue weighted by molar-refractivity contribution is 6.30. The van der Waals surface area contributed by atoms with E-state index in [4.69, 9.17) is 26.1 Å². The Hall–Kier alpha value is -1.53. The Balaban J connectivity index is 1.59. The van der Waals surface area contributed by atoms with Crippen LogP contribution in [0.5, 0.6) is 0 Å². The van der Waals surface area contributed by atoms with Crippen LogP contribution >= 0.6 is 11.6 Å². The smallest absolute Gasteiger partial charge is 0.137 e. The van der Waals surface area contributed by atoms with Crippen LogP contribution in [0.1, 0.15) is 22.6 Å². The first kappa shape index (κ1) is 18.3. The van der Waals surface area contributed by atoms with Gasteiger partial charge in [0.05, 0.1) is 25.5 Å². The van der Waals surface area contributed by atoms with Crippen LogP contribution in [-0.4, -0.2) is 48.3 Å². The molecule has 0 saturated carbocycles. The Morgan fingerprint density at radius 2 is 1.96 bits per heavy atom. The average molecular weight is 362 g/mol. The van der Waals surface area contributed by atoms with Crippen molar-refractivity contribution >= 4 is 11.6 Å². The third kappa shape index (κ3) is 5.22. The van der Waals surface area contributed by atoms with E-state index < -0.39 is 0 Å². The molecule has 0 atom stereocenters. The number of hydrogen-bond donors (Lipinski definition) is 0. The molecule has 1 aromatic carbocycles. The molecule has 0 aliphatic carbocycles. The summed E-state index contributed by atoms with van der Waals surface area (Å²) in [6, 6.07) is 10.5. The number of halogens is 1. The maximum absolute atomic E-state index is 6.44. The first-order valence-electron chi connectivity index (χ1n) is 8.63. The summed E-state index contributed by atoms with van der Waals surface area (Å²) < 4.78 is 10.4. The summed E-state index contributed by atoms with van der Waals surface area (Å²) in [7, 11) is 1.66. The van der Waals surface area contributed by atoms with Crippen LogP contribution in [0, 0.1) is 0 Å². The highest BCUT2D eigenvalue weighted by Crippen LogP contribution is 2.25. The number of benzene rings is 1. The van der Waals surface area contributed by atoms with Gasteiger partial charge in [-0.25, -0.2) is 9.97 Å². The predicted molar refractivity (Wildman–Crippen MR) is 97.7 cm³/mol. The van der Waals surface area contributed by atoms with Gasteiger partial charge in [0.15, 0.2) is 0 Å². The van der Waals surface area contributed by atoms with Gasteiger partial charge < -0.3 is 9.47 Å². The minimum absolute atomic E-state index is 0.578. The van der Waals surface area contributed by atoms with Gasteiger partial charge in [-0.3, -0.25) is 4.90 Å². The first-order valence-corrected chi connectivity index (χ1v) is 9.01. The summed E-state index contributed by atoms with van der Waals surface area (Å²) in [6.45, 7) is 4.48. The molecule has 1 aliphatic rings. The minimum Gasteiger partial charge on any atom is -0.382 e. The highest BCUT2D eigenvalue weighted by atomic mass is 35.5. The molecule has 3 rings (SSSR count). The lowest BCUT2D eigenvalue weighted by Crippen LogP contribution is -2.31. The SMILES string of the molecule is COCCOCCc1nc(Cl)c2c(n1)CCN(Cc1ccccc1)C2. The van der Waals surface area contributed by atoms with Crippen molar-refractivity contribution in [3.05, 3.63) is 58.1 Å². The minimum atomic E-state index is 0.578. The number of aromatic nitrogens is 2. The van der Waals surface area contributed by atoms with E-state index in [0.717, 1.165) is 43.1 Å². The van der Waals surface area contributed by atoms with Gasteiger partial charge in [0.2, 0.25) is 0 Å². The fraction of sp³-hybridized carbons (Fsp3) is 0.474. The molecule has 2 aromatic rings. The molecular weight excluding hydrogens is 338 g/mol. The standard InChI is InChI=1S/C19H24ClN3O2/c1-24-11-12-25-10-8-18-21-17-7-9-23(14-16(17)19(20)22-18)13-15-5-3-2-4-6-15/h2-6H,7-14H2,1H3. The Labute approximate surface area is 153 Å². The molecule has 2 heterocycles. The molecule has 5 nitrogen and oxygen atoms in total. The predicted octanol–water partition coefficient (Wildman–Crippen LogP) is 2.89. The van der Waals surface area contributed by atoms with E-state index in [2.05, 4.69) is 34.1 Å². The van der Waals surface area contributed by atoms with Gasteiger partial charge in [0.25, 0.3) is 0 Å². The van der Waals surface area contributed by atoms with Gasteiger partial charge in [-0.05, 0) is 5.56 Å². The zero-order valence-electron chi connectivity index (χ0n) is 14.6. The van der Waals surface area contributed by atoms with Crippen LogP contribution in [0.4, 0.5) is 0 Å². The van der Waals surface area contributed by atoms with E-state index in [-0.39, 0.29) is 0 Å². The van der Waals surface area contributed by atoms with Gasteiger partial charge in [-0.1, -0.05) is 41.9 Å². The second kappa shape index (κ2) is 9.25. The normalized spacial score (nSPS) is 14.5. The zero-order valence-corrected chi connectivity index (χ0v) is 15.3. The number of methoxy groups -OCH3 is 1. The lowest BCUT2D eigenvalue weighted by molar-refractivity contribution is 0.0716. The summed E-state index contributed by atoms with van der Waals surface area (Å²) in [6.07, 6.45) is 1.58. The van der Waals surface area contributed by atoms with Gasteiger partial charge >= 0.3 is 0 Å². The summed E-state index contributed by atoms with van der Waals surface area (Å²) in [5.74, 6) is 0.762. The third-order valence-electron chi connectivity index (χ3n) is 4.29. The van der Waals surface area contributed by atoms with Crippen molar-refractivity contribution in [3.8, 4) is 0 Å². The van der Waals surface area contributed by atoms with Gasteiger partial charge in [-0.15, -0.1) is 0 Å². The molecule has 0 saturated heterocycles. The van der Waals surface area contributed by atoms with Crippen molar-refractivity contribution in [1.82, 2.24) is 14.9 Å². The zero-order chi connectivity index (χ0) is 17.5. The molecule has 1 aliphatic heterocycles. The van der Waals surface area contributed by atoms with Crippen LogP contribution in [0.25, 0.3) is 0 Å². The number of rotatable bonds is 8. The van der Waals surface area contributed by atoms with E-state index in [9.17, 15) is 0 Å². The van der Waals surface area contributed by atoms with E-state index in [1.165, 1.54) is 5.56 Å². The summed E-state index contributed by atoms with van der Waals surface area (Å²) in [5, 5.41) is 0.578. The maximum atomic E-state index is 6.44. The average Bonchev–Trinajstić information content (AvgIpc) is 2.63. The van der Waals surface area contributed by atoms with Crippen molar-refractivity contribution in [1.29, 1.82) is 0 Å². The van der Waals surface area contributed by atoms with Crippen molar-refractivity contribution < 1.29 is 9.47 Å². The second-order valence-electron chi connectivity index (χ2n) is 6.16. The Bertz CT molecular complexity index is 682. The van der Waals surface area contributed by atoms with Crippen LogP contribution in [-0.2, 0) is 35.4 Å². The molecule has 0 bridgehead atoms. The molecule has 0 amide bonds. The molecule has 0 radical (unpaired) electrons. The van der Waals surface area contributed by atoms with Crippen LogP contribution in [0.3, 0.4) is 0 Å². The lowest BCUT2D eigenvalue weighted by Gasteiger charge is -2.28. The number of nitrogens with zero attached hydrogens (tertiary/aromatic N) is 3.